The van der Waals surface area contributed by atoms with E-state index >= 15 is 0 Å². The first kappa shape index (κ1) is 42.1. The summed E-state index contributed by atoms with van der Waals surface area (Å²) in [6.07, 6.45) is 6.05. The molecule has 8 N–H and O–H groups in total. The predicted molar refractivity (Wildman–Crippen MR) is 197 cm³/mol. The van der Waals surface area contributed by atoms with Gasteiger partial charge in [-0.3, -0.25) is 24.3 Å². The van der Waals surface area contributed by atoms with Gasteiger partial charge in [0.2, 0.25) is 11.8 Å². The van der Waals surface area contributed by atoms with Crippen LogP contribution in [0.2, 0.25) is 0 Å². The van der Waals surface area contributed by atoms with E-state index in [1.165, 1.54) is 6.33 Å². The van der Waals surface area contributed by atoms with Crippen molar-refractivity contribution < 1.29 is 42.9 Å². The zero-order chi connectivity index (χ0) is 38.2. The van der Waals surface area contributed by atoms with Crippen molar-refractivity contribution in [1.29, 1.82) is 0 Å². The third-order valence-corrected chi connectivity index (χ3v) is 10.8. The Morgan fingerprint density at radius 1 is 1.04 bits per heavy atom. The Morgan fingerprint density at radius 2 is 1.72 bits per heavy atom. The summed E-state index contributed by atoms with van der Waals surface area (Å²) in [5.41, 5.74) is 5.36. The number of primary amides is 1. The first-order valence-electron chi connectivity index (χ1n) is 18.6. The summed E-state index contributed by atoms with van der Waals surface area (Å²) >= 11 is 1.88. The number of unbranched alkanes of at least 4 members (excludes halogenated alkanes) is 1. The van der Waals surface area contributed by atoms with E-state index in [-0.39, 0.29) is 59.9 Å². The topological polar surface area (TPSA) is 238 Å². The predicted octanol–water partition coefficient (Wildman–Crippen LogP) is 1.22. The minimum Gasteiger partial charge on any atom is -0.377 e. The van der Waals surface area contributed by atoms with Gasteiger partial charge in [-0.2, -0.15) is 11.8 Å². The van der Waals surface area contributed by atoms with Gasteiger partial charge in [0.15, 0.2) is 5.69 Å². The van der Waals surface area contributed by atoms with Crippen LogP contribution in [0.4, 0.5) is 15.4 Å². The minimum atomic E-state index is -0.834. The number of fused-ring (bicyclic) bond motifs is 1. The number of aromatic nitrogens is 2. The van der Waals surface area contributed by atoms with Crippen LogP contribution in [0.25, 0.3) is 0 Å². The van der Waals surface area contributed by atoms with Crippen molar-refractivity contribution in [3.8, 4) is 0 Å². The SMILES string of the molecule is CC[C@@H]1CC(C)[C@H](n2cnc(C(=O)N[C@H](C)CC(=O)NCCOCCOCCOCCNC(=O)CCCC[C@@H]3SC[C@H]4NC(=O)N[C@@H]34)c2NC(N)=O)O1. The first-order valence-corrected chi connectivity index (χ1v) is 19.6. The second kappa shape index (κ2) is 21.9. The Morgan fingerprint density at radius 3 is 2.38 bits per heavy atom. The Kier molecular flexibility index (Phi) is 17.4. The number of nitrogens with one attached hydrogen (secondary N) is 6. The number of rotatable bonds is 24. The molecule has 18 nitrogen and oxygen atoms in total. The van der Waals surface area contributed by atoms with Crippen molar-refractivity contribution in [1.82, 2.24) is 36.1 Å². The third kappa shape index (κ3) is 13.6. The Hall–Kier alpha value is -3.65. The van der Waals surface area contributed by atoms with E-state index in [1.54, 1.807) is 11.5 Å². The molecule has 1 unspecified atom stereocenters. The normalized spacial score (nSPS) is 23.9. The number of hydrogen-bond donors (Lipinski definition) is 7. The number of carbonyl (C=O) groups is 5. The van der Waals surface area contributed by atoms with Crippen LogP contribution < -0.4 is 37.6 Å². The lowest BCUT2D eigenvalue weighted by molar-refractivity contribution is -0.122. The van der Waals surface area contributed by atoms with Crippen LogP contribution in [0, 0.1) is 5.92 Å². The van der Waals surface area contributed by atoms with Gasteiger partial charge >= 0.3 is 12.1 Å². The summed E-state index contributed by atoms with van der Waals surface area (Å²) in [6, 6.07) is -1.00. The van der Waals surface area contributed by atoms with E-state index in [9.17, 15) is 24.0 Å². The van der Waals surface area contributed by atoms with Crippen molar-refractivity contribution in [3.05, 3.63) is 12.0 Å². The van der Waals surface area contributed by atoms with Gasteiger partial charge < -0.3 is 51.3 Å². The van der Waals surface area contributed by atoms with Crippen LogP contribution in [-0.4, -0.2) is 127 Å². The van der Waals surface area contributed by atoms with E-state index in [0.717, 1.165) is 37.9 Å². The number of ether oxygens (including phenoxy) is 4. The second-order valence-corrected chi connectivity index (χ2v) is 14.9. The lowest BCUT2D eigenvalue weighted by Gasteiger charge is -2.20. The molecule has 7 atom stereocenters. The van der Waals surface area contributed by atoms with Gasteiger partial charge in [-0.05, 0) is 32.6 Å². The number of hydrogen-bond acceptors (Lipinski definition) is 11. The molecule has 3 aliphatic rings. The lowest BCUT2D eigenvalue weighted by Crippen LogP contribution is -2.38. The minimum absolute atomic E-state index is 0.0102. The molecule has 0 radical (unpaired) electrons. The summed E-state index contributed by atoms with van der Waals surface area (Å²) in [5, 5.41) is 17.2. The number of urea groups is 2. The summed E-state index contributed by atoms with van der Waals surface area (Å²) < 4.78 is 24.2. The fourth-order valence-electron chi connectivity index (χ4n) is 6.60. The van der Waals surface area contributed by atoms with Gasteiger partial charge in [-0.1, -0.05) is 20.3 Å². The number of anilines is 1. The number of imidazole rings is 1. The van der Waals surface area contributed by atoms with Crippen molar-refractivity contribution in [2.75, 3.05) is 63.8 Å². The summed E-state index contributed by atoms with van der Waals surface area (Å²) in [4.78, 5) is 65.0. The Bertz CT molecular complexity index is 1370. The van der Waals surface area contributed by atoms with E-state index in [2.05, 4.69) is 36.9 Å². The fourth-order valence-corrected chi connectivity index (χ4v) is 8.15. The Balaban J connectivity index is 0.955. The van der Waals surface area contributed by atoms with Gasteiger partial charge in [0, 0.05) is 48.9 Å². The van der Waals surface area contributed by atoms with E-state index < -0.39 is 24.2 Å². The summed E-state index contributed by atoms with van der Waals surface area (Å²) in [5.74, 6) is 0.414. The average molecular weight is 768 g/mol. The van der Waals surface area contributed by atoms with Crippen molar-refractivity contribution in [2.24, 2.45) is 11.7 Å². The molecule has 3 aliphatic heterocycles. The number of carbonyl (C=O) groups excluding carboxylic acids is 5. The summed E-state index contributed by atoms with van der Waals surface area (Å²) in [7, 11) is 0. The smallest absolute Gasteiger partial charge is 0.317 e. The molecule has 0 aromatic carbocycles. The van der Waals surface area contributed by atoms with Gasteiger partial charge in [0.25, 0.3) is 5.91 Å². The Labute approximate surface area is 314 Å². The highest BCUT2D eigenvalue weighted by atomic mass is 32.2. The number of amides is 7. The summed E-state index contributed by atoms with van der Waals surface area (Å²) in [6.45, 7) is 8.70. The molecule has 0 spiro atoms. The van der Waals surface area contributed by atoms with Crippen molar-refractivity contribution >= 4 is 47.4 Å². The van der Waals surface area contributed by atoms with E-state index in [4.69, 9.17) is 24.7 Å². The monoisotopic (exact) mass is 767 g/mol. The highest BCUT2D eigenvalue weighted by Crippen LogP contribution is 2.38. The first-order chi connectivity index (χ1) is 25.5. The van der Waals surface area contributed by atoms with Gasteiger partial charge in [-0.15, -0.1) is 0 Å². The van der Waals surface area contributed by atoms with Gasteiger partial charge in [0.1, 0.15) is 12.0 Å². The van der Waals surface area contributed by atoms with Gasteiger partial charge in [-0.25, -0.2) is 14.6 Å². The standard InChI is InChI=1S/C34H57N9O9S/c1-4-23-17-21(2)32(52-23)43-20-38-29(30(43)42-33(35)47)31(46)39-22(3)18-27(45)37-10-12-50-14-16-51-15-13-49-11-9-36-26(44)8-6-5-7-25-28-24(19-53-25)40-34(48)41-28/h20-25,28,32H,4-19H2,1-3H3,(H,36,44)(H,37,45)(H,39,46)(H3,35,42,47)(H2,40,41,48)/t21?,22-,23-,24-,25+,28-,32-/m1/s1. The van der Waals surface area contributed by atoms with Gasteiger partial charge in [0.05, 0.1) is 64.2 Å². The maximum absolute atomic E-state index is 13.1. The molecular formula is C34H57N9O9S. The second-order valence-electron chi connectivity index (χ2n) is 13.6. The van der Waals surface area contributed by atoms with Crippen LogP contribution in [0.3, 0.4) is 0 Å². The number of nitrogens with two attached hydrogens (primary N) is 1. The number of thioether (sulfide) groups is 1. The fraction of sp³-hybridized carbons (Fsp3) is 0.765. The average Bonchev–Trinajstić information content (AvgIpc) is 3.88. The van der Waals surface area contributed by atoms with Crippen LogP contribution in [0.15, 0.2) is 6.33 Å². The maximum atomic E-state index is 13.1. The number of nitrogens with zero attached hydrogens (tertiary/aromatic N) is 2. The van der Waals surface area contributed by atoms with Crippen molar-refractivity contribution in [2.45, 2.75) is 101 Å². The largest absolute Gasteiger partial charge is 0.377 e. The lowest BCUT2D eigenvalue weighted by atomic mass is 10.0. The van der Waals surface area contributed by atoms with Crippen LogP contribution in [-0.2, 0) is 28.5 Å². The molecule has 19 heteroatoms. The zero-order valence-corrected chi connectivity index (χ0v) is 31.8. The molecular weight excluding hydrogens is 710 g/mol. The third-order valence-electron chi connectivity index (χ3n) is 9.26. The quantitative estimate of drug-likeness (QED) is 0.0583. The molecule has 298 valence electrons. The van der Waals surface area contributed by atoms with E-state index in [0.29, 0.717) is 64.4 Å². The molecule has 0 saturated carbocycles. The van der Waals surface area contributed by atoms with Crippen molar-refractivity contribution in [3.63, 3.8) is 0 Å². The van der Waals surface area contributed by atoms with E-state index in [1.807, 2.05) is 25.6 Å². The molecule has 7 amide bonds. The maximum Gasteiger partial charge on any atom is 0.317 e. The van der Waals surface area contributed by atoms with Crippen LogP contribution in [0.1, 0.15) is 82.4 Å². The molecule has 4 heterocycles. The molecule has 1 aromatic heterocycles. The molecule has 3 fully saturated rings. The zero-order valence-electron chi connectivity index (χ0n) is 31.0. The molecule has 53 heavy (non-hydrogen) atoms. The van der Waals surface area contributed by atoms with Crippen LogP contribution >= 0.6 is 11.8 Å². The molecule has 3 saturated heterocycles. The molecule has 0 bridgehead atoms. The van der Waals surface area contributed by atoms with Crippen LogP contribution in [0.5, 0.6) is 0 Å². The highest BCUT2D eigenvalue weighted by molar-refractivity contribution is 8.00. The highest BCUT2D eigenvalue weighted by Gasteiger charge is 2.42. The molecule has 1 aromatic rings. The molecule has 4 rings (SSSR count). The molecule has 0 aliphatic carbocycles.